The summed E-state index contributed by atoms with van der Waals surface area (Å²) in [7, 11) is 0. The highest BCUT2D eigenvalue weighted by Crippen LogP contribution is 2.32. The molecule has 0 unspecified atom stereocenters. The number of terminal acetylenes is 1. The molecule has 0 radical (unpaired) electrons. The van der Waals surface area contributed by atoms with E-state index in [1.807, 2.05) is 24.3 Å². The molecule has 174 valence electrons. The molecule has 0 saturated heterocycles. The van der Waals surface area contributed by atoms with Crippen LogP contribution in [-0.2, 0) is 6.42 Å². The van der Waals surface area contributed by atoms with E-state index in [0.29, 0.717) is 16.9 Å². The summed E-state index contributed by atoms with van der Waals surface area (Å²) < 4.78 is 35.2. The minimum absolute atomic E-state index is 0.169. The van der Waals surface area contributed by atoms with Crippen molar-refractivity contribution in [3.8, 4) is 87.9 Å². The molecule has 0 fully saturated rings. The van der Waals surface area contributed by atoms with Gasteiger partial charge in [0.2, 0.25) is 0 Å². The summed E-state index contributed by atoms with van der Waals surface area (Å²) in [6.45, 7) is 2.17. The molecule has 3 aromatic carbocycles. The first-order valence-electron chi connectivity index (χ1n) is 11.4. The quantitative estimate of drug-likeness (QED) is 0.265. The maximum atomic E-state index is 15.0. The number of hydrogen-bond donors (Lipinski definition) is 0. The highest BCUT2D eigenvalue weighted by molar-refractivity contribution is 5.72. The zero-order valence-electron chi connectivity index (χ0n) is 19.8. The van der Waals surface area contributed by atoms with E-state index in [1.54, 1.807) is 36.4 Å². The predicted molar refractivity (Wildman–Crippen MR) is 141 cm³/mol. The Morgan fingerprint density at radius 1 is 0.667 bits per heavy atom. The van der Waals surface area contributed by atoms with Crippen LogP contribution in [0.4, 0.5) is 8.78 Å². The average Bonchev–Trinajstić information content (AvgIpc) is 2.90. The molecule has 1 nitrogen and oxygen atoms in total. The molecule has 0 aliphatic carbocycles. The first kappa shape index (κ1) is 25.7. The molecule has 3 aromatic rings. The fourth-order valence-corrected chi connectivity index (χ4v) is 3.43. The van der Waals surface area contributed by atoms with Crippen LogP contribution in [0.2, 0.25) is 0 Å². The second kappa shape index (κ2) is 13.7. The van der Waals surface area contributed by atoms with E-state index in [-0.39, 0.29) is 11.1 Å². The summed E-state index contributed by atoms with van der Waals surface area (Å²) in [6.07, 6.45) is 11.8. The van der Waals surface area contributed by atoms with Crippen molar-refractivity contribution >= 4 is 0 Å². The van der Waals surface area contributed by atoms with Gasteiger partial charge >= 0.3 is 0 Å². The van der Waals surface area contributed by atoms with Crippen LogP contribution in [0.5, 0.6) is 5.75 Å². The number of benzene rings is 3. The zero-order chi connectivity index (χ0) is 25.6. The molecule has 3 heteroatoms. The number of hydrogen-bond acceptors (Lipinski definition) is 1. The van der Waals surface area contributed by atoms with E-state index in [4.69, 9.17) is 11.2 Å². The Hall–Kier alpha value is -4.88. The van der Waals surface area contributed by atoms with E-state index in [0.717, 1.165) is 19.3 Å². The number of aryl methyl sites for hydroxylation is 1. The SMILES string of the molecule is C#CC#CC#CC#CC#COc1ccc(-c2ccc(-c3ccc(CCCCC)cc3)c(F)c2F)cc1. The van der Waals surface area contributed by atoms with E-state index in [2.05, 4.69) is 60.4 Å². The van der Waals surface area contributed by atoms with Crippen molar-refractivity contribution in [1.29, 1.82) is 0 Å². The molecule has 0 saturated carbocycles. The number of ether oxygens (including phenoxy) is 1. The Morgan fingerprint density at radius 3 is 1.75 bits per heavy atom. The lowest BCUT2D eigenvalue weighted by atomic mass is 9.97. The largest absolute Gasteiger partial charge is 0.407 e. The lowest BCUT2D eigenvalue weighted by molar-refractivity contribution is 0.513. The molecule has 0 amide bonds. The van der Waals surface area contributed by atoms with E-state index in [9.17, 15) is 8.78 Å². The lowest BCUT2D eigenvalue weighted by Gasteiger charge is -2.10. The van der Waals surface area contributed by atoms with Crippen molar-refractivity contribution in [2.24, 2.45) is 0 Å². The van der Waals surface area contributed by atoms with Gasteiger partial charge in [0, 0.05) is 34.8 Å². The molecule has 0 N–H and O–H groups in total. The Labute approximate surface area is 211 Å². The molecule has 0 aliphatic rings. The topological polar surface area (TPSA) is 9.23 Å². The van der Waals surface area contributed by atoms with E-state index < -0.39 is 11.6 Å². The third-order valence-corrected chi connectivity index (χ3v) is 5.25. The van der Waals surface area contributed by atoms with Gasteiger partial charge in [-0.1, -0.05) is 68.3 Å². The van der Waals surface area contributed by atoms with Gasteiger partial charge in [0.1, 0.15) is 11.9 Å². The first-order valence-corrected chi connectivity index (χ1v) is 11.4. The van der Waals surface area contributed by atoms with Crippen molar-refractivity contribution in [2.45, 2.75) is 32.6 Å². The highest BCUT2D eigenvalue weighted by Gasteiger charge is 2.16. The normalized spacial score (nSPS) is 9.06. The third kappa shape index (κ3) is 7.31. The monoisotopic (exact) mass is 472 g/mol. The van der Waals surface area contributed by atoms with Crippen molar-refractivity contribution in [3.63, 3.8) is 0 Å². The Balaban J connectivity index is 1.69. The van der Waals surface area contributed by atoms with Gasteiger partial charge in [-0.3, -0.25) is 0 Å². The standard InChI is InChI=1S/C33H22F2O/c1-3-5-7-8-9-10-11-13-25-36-29-21-19-28(20-22-29)31-24-23-30(32(34)33(31)35)27-17-15-26(16-18-27)14-12-6-4-2/h1,15-24H,4,6,12,14H2,2H3. The second-order valence-electron chi connectivity index (χ2n) is 7.69. The number of halogens is 2. The van der Waals surface area contributed by atoms with Gasteiger partial charge in [-0.05, 0) is 65.3 Å². The van der Waals surface area contributed by atoms with Gasteiger partial charge in [0.05, 0.1) is 0 Å². The Kier molecular flexibility index (Phi) is 9.82. The number of rotatable bonds is 7. The van der Waals surface area contributed by atoms with Crippen molar-refractivity contribution in [3.05, 3.63) is 77.9 Å². The minimum Gasteiger partial charge on any atom is -0.407 e. The predicted octanol–water partition coefficient (Wildman–Crippen LogP) is 7.01. The van der Waals surface area contributed by atoms with Crippen LogP contribution in [0, 0.1) is 71.5 Å². The van der Waals surface area contributed by atoms with Gasteiger partial charge in [0.25, 0.3) is 0 Å². The summed E-state index contributed by atoms with van der Waals surface area (Å²) in [5, 5.41) is 0. The molecular weight excluding hydrogens is 450 g/mol. The highest BCUT2D eigenvalue weighted by atomic mass is 19.2. The summed E-state index contributed by atoms with van der Waals surface area (Å²) in [5.74, 6) is 18.0. The lowest BCUT2D eigenvalue weighted by Crippen LogP contribution is -1.94. The van der Waals surface area contributed by atoms with Crippen LogP contribution in [0.25, 0.3) is 22.3 Å². The molecular formula is C33H22F2O. The molecule has 0 aromatic heterocycles. The molecule has 0 aliphatic heterocycles. The van der Waals surface area contributed by atoms with Gasteiger partial charge in [-0.2, -0.15) is 0 Å². The molecule has 0 heterocycles. The minimum atomic E-state index is -0.892. The van der Waals surface area contributed by atoms with Crippen molar-refractivity contribution in [2.75, 3.05) is 0 Å². The third-order valence-electron chi connectivity index (χ3n) is 5.25. The molecule has 0 atom stereocenters. The average molecular weight is 473 g/mol. The summed E-state index contributed by atoms with van der Waals surface area (Å²) >= 11 is 0. The number of unbranched alkanes of at least 4 members (excludes halogenated alkanes) is 2. The van der Waals surface area contributed by atoms with Crippen LogP contribution >= 0.6 is 0 Å². The smallest absolute Gasteiger partial charge is 0.167 e. The van der Waals surface area contributed by atoms with Gasteiger partial charge in [0.15, 0.2) is 11.6 Å². The van der Waals surface area contributed by atoms with E-state index >= 15 is 0 Å². The maximum Gasteiger partial charge on any atom is 0.167 e. The van der Waals surface area contributed by atoms with Crippen molar-refractivity contribution < 1.29 is 13.5 Å². The van der Waals surface area contributed by atoms with Gasteiger partial charge < -0.3 is 4.74 Å². The second-order valence-corrected chi connectivity index (χ2v) is 7.69. The van der Waals surface area contributed by atoms with Crippen LogP contribution in [0.3, 0.4) is 0 Å². The summed E-state index contributed by atoms with van der Waals surface area (Å²) in [4.78, 5) is 0. The Morgan fingerprint density at radius 2 is 1.19 bits per heavy atom. The summed E-state index contributed by atoms with van der Waals surface area (Å²) in [6, 6.07) is 17.4. The van der Waals surface area contributed by atoms with Gasteiger partial charge in [-0.25, -0.2) is 8.78 Å². The fraction of sp³-hybridized carbons (Fsp3) is 0.152. The first-order chi connectivity index (χ1) is 17.6. The zero-order valence-corrected chi connectivity index (χ0v) is 19.8. The van der Waals surface area contributed by atoms with E-state index in [1.165, 1.54) is 12.0 Å². The Bertz CT molecular complexity index is 1490. The van der Waals surface area contributed by atoms with Crippen molar-refractivity contribution in [1.82, 2.24) is 0 Å². The summed E-state index contributed by atoms with van der Waals surface area (Å²) in [5.41, 5.74) is 2.77. The molecule has 3 rings (SSSR count). The van der Waals surface area contributed by atoms with Crippen LogP contribution in [0.15, 0.2) is 60.7 Å². The fourth-order valence-electron chi connectivity index (χ4n) is 3.43. The van der Waals surface area contributed by atoms with Crippen LogP contribution in [0.1, 0.15) is 31.7 Å². The van der Waals surface area contributed by atoms with Crippen LogP contribution in [-0.4, -0.2) is 0 Å². The maximum absolute atomic E-state index is 15.0. The molecule has 0 spiro atoms. The van der Waals surface area contributed by atoms with Crippen LogP contribution < -0.4 is 4.74 Å². The molecule has 0 bridgehead atoms. The van der Waals surface area contributed by atoms with Gasteiger partial charge in [-0.15, -0.1) is 6.42 Å². The molecule has 36 heavy (non-hydrogen) atoms.